The van der Waals surface area contributed by atoms with Gasteiger partial charge >= 0.3 is 6.09 Å². The Bertz CT molecular complexity index is 590. The fourth-order valence-corrected chi connectivity index (χ4v) is 4.04. The Hall–Kier alpha value is -1.63. The summed E-state index contributed by atoms with van der Waals surface area (Å²) < 4.78 is 5.42. The lowest BCUT2D eigenvalue weighted by atomic mass is 9.83. The van der Waals surface area contributed by atoms with Gasteiger partial charge in [-0.05, 0) is 23.8 Å². The van der Waals surface area contributed by atoms with Gasteiger partial charge in [-0.3, -0.25) is 0 Å². The third kappa shape index (κ3) is 8.33. The second kappa shape index (κ2) is 12.2. The van der Waals surface area contributed by atoms with Crippen molar-refractivity contribution in [1.82, 2.24) is 4.90 Å². The number of benzene rings is 1. The largest absolute Gasteiger partial charge is 0.445 e. The molecular weight excluding hydrogens is 368 g/mol. The van der Waals surface area contributed by atoms with Gasteiger partial charge in [0, 0.05) is 12.6 Å². The van der Waals surface area contributed by atoms with Gasteiger partial charge in [-0.15, -0.1) is 0 Å². The zero-order valence-electron chi connectivity index (χ0n) is 17.9. The SMILES string of the molecule is CC(C)CN(CC(O)C(O)C(N)CC1CCCCC1)C(=O)OCc1ccccc1. The number of aliphatic hydroxyl groups excluding tert-OH is 2. The minimum Gasteiger partial charge on any atom is -0.445 e. The molecule has 164 valence electrons. The molecule has 1 aromatic carbocycles. The van der Waals surface area contributed by atoms with Crippen molar-refractivity contribution < 1.29 is 19.7 Å². The van der Waals surface area contributed by atoms with E-state index in [0.717, 1.165) is 18.4 Å². The smallest absolute Gasteiger partial charge is 0.410 e. The van der Waals surface area contributed by atoms with Crippen LogP contribution in [0, 0.1) is 11.8 Å². The lowest BCUT2D eigenvalue weighted by Crippen LogP contribution is -2.50. The number of rotatable bonds is 10. The molecule has 1 aromatic rings. The first kappa shape index (κ1) is 23.6. The third-order valence-corrected chi connectivity index (χ3v) is 5.62. The van der Waals surface area contributed by atoms with E-state index in [1.54, 1.807) is 0 Å². The van der Waals surface area contributed by atoms with Gasteiger partial charge in [0.1, 0.15) is 6.61 Å². The number of aliphatic hydroxyl groups is 2. The van der Waals surface area contributed by atoms with Crippen LogP contribution in [0.15, 0.2) is 30.3 Å². The number of carbonyl (C=O) groups is 1. The molecule has 3 atom stereocenters. The number of nitrogens with two attached hydrogens (primary N) is 1. The van der Waals surface area contributed by atoms with Crippen LogP contribution in [-0.2, 0) is 11.3 Å². The van der Waals surface area contributed by atoms with E-state index >= 15 is 0 Å². The number of amides is 1. The highest BCUT2D eigenvalue weighted by atomic mass is 16.6. The van der Waals surface area contributed by atoms with Crippen molar-refractivity contribution in [3.05, 3.63) is 35.9 Å². The lowest BCUT2D eigenvalue weighted by Gasteiger charge is -2.32. The molecule has 0 aliphatic heterocycles. The molecule has 1 aliphatic rings. The van der Waals surface area contributed by atoms with Gasteiger partial charge in [-0.2, -0.15) is 0 Å². The number of nitrogens with zero attached hydrogens (tertiary/aromatic N) is 1. The van der Waals surface area contributed by atoms with Crippen molar-refractivity contribution in [2.45, 2.75) is 77.2 Å². The molecule has 4 N–H and O–H groups in total. The summed E-state index contributed by atoms with van der Waals surface area (Å²) in [4.78, 5) is 14.0. The van der Waals surface area contributed by atoms with E-state index in [0.29, 0.717) is 18.9 Å². The highest BCUT2D eigenvalue weighted by Gasteiger charge is 2.30. The average molecular weight is 407 g/mol. The average Bonchev–Trinajstić information content (AvgIpc) is 2.72. The topological polar surface area (TPSA) is 96.0 Å². The van der Waals surface area contributed by atoms with Crippen LogP contribution in [0.4, 0.5) is 4.79 Å². The summed E-state index contributed by atoms with van der Waals surface area (Å²) in [5.74, 6) is 0.725. The third-order valence-electron chi connectivity index (χ3n) is 5.62. The molecule has 1 fully saturated rings. The van der Waals surface area contributed by atoms with Crippen molar-refractivity contribution in [2.24, 2.45) is 17.6 Å². The summed E-state index contributed by atoms with van der Waals surface area (Å²) in [5.41, 5.74) is 7.10. The summed E-state index contributed by atoms with van der Waals surface area (Å²) >= 11 is 0. The second-order valence-electron chi connectivity index (χ2n) is 8.80. The Kier molecular flexibility index (Phi) is 9.91. The van der Waals surface area contributed by atoms with Gasteiger partial charge in [0.05, 0.1) is 18.8 Å². The van der Waals surface area contributed by atoms with Gasteiger partial charge in [-0.25, -0.2) is 4.79 Å². The van der Waals surface area contributed by atoms with Crippen LogP contribution in [0.5, 0.6) is 0 Å². The van der Waals surface area contributed by atoms with Gasteiger partial charge in [0.15, 0.2) is 0 Å². The molecule has 3 unspecified atom stereocenters. The predicted molar refractivity (Wildman–Crippen MR) is 114 cm³/mol. The fraction of sp³-hybridized carbons (Fsp3) is 0.696. The second-order valence-corrected chi connectivity index (χ2v) is 8.80. The summed E-state index contributed by atoms with van der Waals surface area (Å²) in [6, 6.07) is 8.98. The molecule has 29 heavy (non-hydrogen) atoms. The van der Waals surface area contributed by atoms with Gasteiger partial charge in [-0.1, -0.05) is 76.3 Å². The molecule has 1 aliphatic carbocycles. The molecule has 1 saturated carbocycles. The van der Waals surface area contributed by atoms with E-state index in [4.69, 9.17) is 10.5 Å². The van der Waals surface area contributed by atoms with Crippen molar-refractivity contribution in [1.29, 1.82) is 0 Å². The molecule has 6 nitrogen and oxygen atoms in total. The van der Waals surface area contributed by atoms with Crippen molar-refractivity contribution in [3.8, 4) is 0 Å². The van der Waals surface area contributed by atoms with Crippen LogP contribution in [0.1, 0.15) is 57.9 Å². The molecule has 0 spiro atoms. The quantitative estimate of drug-likeness (QED) is 0.554. The molecule has 1 amide bonds. The Morgan fingerprint density at radius 2 is 1.79 bits per heavy atom. The Morgan fingerprint density at radius 3 is 2.41 bits per heavy atom. The van der Waals surface area contributed by atoms with Crippen LogP contribution in [0.25, 0.3) is 0 Å². The normalized spacial score (nSPS) is 18.3. The highest BCUT2D eigenvalue weighted by Crippen LogP contribution is 2.27. The maximum atomic E-state index is 12.6. The minimum absolute atomic E-state index is 0.00529. The van der Waals surface area contributed by atoms with Gasteiger partial charge in [0.2, 0.25) is 0 Å². The first-order chi connectivity index (χ1) is 13.9. The maximum Gasteiger partial charge on any atom is 0.410 e. The van der Waals surface area contributed by atoms with E-state index in [1.807, 2.05) is 44.2 Å². The van der Waals surface area contributed by atoms with E-state index in [2.05, 4.69) is 0 Å². The van der Waals surface area contributed by atoms with Crippen molar-refractivity contribution in [2.75, 3.05) is 13.1 Å². The Balaban J connectivity index is 1.88. The van der Waals surface area contributed by atoms with Gasteiger partial charge in [0.25, 0.3) is 0 Å². The number of hydrogen-bond acceptors (Lipinski definition) is 5. The predicted octanol–water partition coefficient (Wildman–Crippen LogP) is 3.30. The molecule has 0 aromatic heterocycles. The highest BCUT2D eigenvalue weighted by molar-refractivity contribution is 5.67. The van der Waals surface area contributed by atoms with E-state index in [1.165, 1.54) is 24.2 Å². The molecule has 0 saturated heterocycles. The minimum atomic E-state index is -1.10. The molecule has 0 bridgehead atoms. The standard InChI is InChI=1S/C23H38N2O4/c1-17(2)14-25(23(28)29-16-19-11-7-4-8-12-19)15-21(26)22(27)20(24)13-18-9-5-3-6-10-18/h4,7-8,11-12,17-18,20-22,26-27H,3,5-6,9-10,13-16,24H2,1-2H3. The zero-order valence-corrected chi connectivity index (χ0v) is 17.9. The molecule has 0 radical (unpaired) electrons. The molecule has 2 rings (SSSR count). The first-order valence-electron chi connectivity index (χ1n) is 10.9. The maximum absolute atomic E-state index is 12.6. The molecular formula is C23H38N2O4. The number of ether oxygens (including phenoxy) is 1. The fourth-order valence-electron chi connectivity index (χ4n) is 4.04. The van der Waals surface area contributed by atoms with E-state index < -0.39 is 24.3 Å². The first-order valence-corrected chi connectivity index (χ1v) is 10.9. The summed E-state index contributed by atoms with van der Waals surface area (Å²) in [6.45, 7) is 4.61. The molecule has 0 heterocycles. The lowest BCUT2D eigenvalue weighted by molar-refractivity contribution is -0.0213. The van der Waals surface area contributed by atoms with Crippen molar-refractivity contribution in [3.63, 3.8) is 0 Å². The van der Waals surface area contributed by atoms with E-state index in [-0.39, 0.29) is 19.1 Å². The van der Waals surface area contributed by atoms with Crippen LogP contribution in [0.2, 0.25) is 0 Å². The van der Waals surface area contributed by atoms with Crippen LogP contribution >= 0.6 is 0 Å². The number of carbonyl (C=O) groups excluding carboxylic acids is 1. The Morgan fingerprint density at radius 1 is 1.14 bits per heavy atom. The van der Waals surface area contributed by atoms with Crippen LogP contribution in [-0.4, -0.2) is 52.5 Å². The van der Waals surface area contributed by atoms with Crippen LogP contribution < -0.4 is 5.73 Å². The summed E-state index contributed by atoms with van der Waals surface area (Å²) in [7, 11) is 0. The summed E-state index contributed by atoms with van der Waals surface area (Å²) in [5, 5.41) is 21.1. The van der Waals surface area contributed by atoms with Gasteiger partial charge < -0.3 is 25.6 Å². The number of hydrogen-bond donors (Lipinski definition) is 3. The van der Waals surface area contributed by atoms with Crippen molar-refractivity contribution >= 4 is 6.09 Å². The zero-order chi connectivity index (χ0) is 21.2. The molecule has 6 heteroatoms. The Labute approximate surface area is 175 Å². The monoisotopic (exact) mass is 406 g/mol. The van der Waals surface area contributed by atoms with E-state index in [9.17, 15) is 15.0 Å². The van der Waals surface area contributed by atoms with Crippen LogP contribution in [0.3, 0.4) is 0 Å². The summed E-state index contributed by atoms with van der Waals surface area (Å²) in [6.07, 6.45) is 4.04.